The van der Waals surface area contributed by atoms with E-state index in [9.17, 15) is 0 Å². The van der Waals surface area contributed by atoms with Gasteiger partial charge < -0.3 is 15.4 Å². The standard InChI is InChI=1S/C13H19N5OS/c1-5-14-11-16-12(18-13(17-11)19-4)15-9(3)10-7-6-8(2)20-10/h6-7,9H,5H2,1-4H3,(H2,14,15,16,17,18). The molecule has 20 heavy (non-hydrogen) atoms. The largest absolute Gasteiger partial charge is 0.467 e. The number of hydrogen-bond acceptors (Lipinski definition) is 7. The van der Waals surface area contributed by atoms with Gasteiger partial charge in [0.15, 0.2) is 0 Å². The van der Waals surface area contributed by atoms with Gasteiger partial charge in [0.1, 0.15) is 0 Å². The van der Waals surface area contributed by atoms with Crippen molar-refractivity contribution in [3.8, 4) is 6.01 Å². The molecular weight excluding hydrogens is 274 g/mol. The van der Waals surface area contributed by atoms with E-state index in [1.807, 2.05) is 6.92 Å². The summed E-state index contributed by atoms with van der Waals surface area (Å²) in [5.41, 5.74) is 0. The van der Waals surface area contributed by atoms with Gasteiger partial charge in [-0.3, -0.25) is 0 Å². The van der Waals surface area contributed by atoms with Crippen molar-refractivity contribution in [3.63, 3.8) is 0 Å². The number of hydrogen-bond donors (Lipinski definition) is 2. The molecule has 0 fully saturated rings. The molecule has 0 aromatic carbocycles. The highest BCUT2D eigenvalue weighted by Crippen LogP contribution is 2.25. The fourth-order valence-corrected chi connectivity index (χ4v) is 2.58. The number of aromatic nitrogens is 3. The van der Waals surface area contributed by atoms with Crippen LogP contribution in [0.1, 0.15) is 29.6 Å². The predicted molar refractivity (Wildman–Crippen MR) is 81.6 cm³/mol. The van der Waals surface area contributed by atoms with Crippen LogP contribution < -0.4 is 15.4 Å². The molecule has 6 nitrogen and oxygen atoms in total. The summed E-state index contributed by atoms with van der Waals surface area (Å²) in [5.74, 6) is 1.02. The molecule has 0 aliphatic heterocycles. The summed E-state index contributed by atoms with van der Waals surface area (Å²) in [5, 5.41) is 6.33. The first-order valence-electron chi connectivity index (χ1n) is 6.49. The first-order valence-corrected chi connectivity index (χ1v) is 7.30. The van der Waals surface area contributed by atoms with Crippen molar-refractivity contribution in [2.24, 2.45) is 0 Å². The van der Waals surface area contributed by atoms with Crippen LogP contribution in [0.3, 0.4) is 0 Å². The second-order valence-electron chi connectivity index (χ2n) is 4.31. The Morgan fingerprint density at radius 1 is 1.25 bits per heavy atom. The van der Waals surface area contributed by atoms with Gasteiger partial charge in [0.25, 0.3) is 0 Å². The number of methoxy groups -OCH3 is 1. The molecule has 0 spiro atoms. The second kappa shape index (κ2) is 6.51. The summed E-state index contributed by atoms with van der Waals surface area (Å²) in [6, 6.07) is 4.65. The van der Waals surface area contributed by atoms with Crippen LogP contribution in [0.4, 0.5) is 11.9 Å². The molecule has 0 aliphatic carbocycles. The maximum Gasteiger partial charge on any atom is 0.322 e. The van der Waals surface area contributed by atoms with Gasteiger partial charge in [0.05, 0.1) is 13.2 Å². The fourth-order valence-electron chi connectivity index (χ4n) is 1.70. The summed E-state index contributed by atoms with van der Waals surface area (Å²) in [4.78, 5) is 15.2. The molecule has 1 atom stereocenters. The Hall–Kier alpha value is -1.89. The van der Waals surface area contributed by atoms with Crippen molar-refractivity contribution in [2.45, 2.75) is 26.8 Å². The van der Waals surface area contributed by atoms with Crippen molar-refractivity contribution >= 4 is 23.2 Å². The molecule has 1 unspecified atom stereocenters. The molecule has 108 valence electrons. The molecule has 2 heterocycles. The zero-order valence-corrected chi connectivity index (χ0v) is 12.9. The smallest absolute Gasteiger partial charge is 0.322 e. The van der Waals surface area contributed by atoms with Crippen LogP contribution >= 0.6 is 11.3 Å². The third-order valence-electron chi connectivity index (χ3n) is 2.67. The number of aryl methyl sites for hydroxylation is 1. The minimum atomic E-state index is 0.135. The van der Waals surface area contributed by atoms with Gasteiger partial charge in [-0.05, 0) is 32.9 Å². The highest BCUT2D eigenvalue weighted by molar-refractivity contribution is 7.12. The van der Waals surface area contributed by atoms with Gasteiger partial charge >= 0.3 is 6.01 Å². The van der Waals surface area contributed by atoms with E-state index >= 15 is 0 Å². The van der Waals surface area contributed by atoms with Crippen LogP contribution in [0.15, 0.2) is 12.1 Å². The number of nitrogens with zero attached hydrogens (tertiary/aromatic N) is 3. The van der Waals surface area contributed by atoms with E-state index in [1.165, 1.54) is 9.75 Å². The summed E-state index contributed by atoms with van der Waals surface area (Å²) in [7, 11) is 1.54. The summed E-state index contributed by atoms with van der Waals surface area (Å²) >= 11 is 1.76. The van der Waals surface area contributed by atoms with E-state index in [-0.39, 0.29) is 6.04 Å². The topological polar surface area (TPSA) is 72.0 Å². The van der Waals surface area contributed by atoms with Crippen LogP contribution in [0.5, 0.6) is 6.01 Å². The average molecular weight is 293 g/mol. The van der Waals surface area contributed by atoms with E-state index < -0.39 is 0 Å². The normalized spacial score (nSPS) is 12.0. The van der Waals surface area contributed by atoms with Gasteiger partial charge in [-0.15, -0.1) is 11.3 Å². The molecule has 2 aromatic heterocycles. The lowest BCUT2D eigenvalue weighted by atomic mass is 10.3. The van der Waals surface area contributed by atoms with E-state index in [4.69, 9.17) is 4.74 Å². The lowest BCUT2D eigenvalue weighted by molar-refractivity contribution is 0.379. The SMILES string of the molecule is CCNc1nc(NC(C)c2ccc(C)s2)nc(OC)n1. The minimum absolute atomic E-state index is 0.135. The molecule has 0 radical (unpaired) electrons. The van der Waals surface area contributed by atoms with E-state index in [2.05, 4.69) is 51.6 Å². The minimum Gasteiger partial charge on any atom is -0.467 e. The summed E-state index contributed by atoms with van der Waals surface area (Å²) < 4.78 is 5.09. The van der Waals surface area contributed by atoms with Gasteiger partial charge in [0.2, 0.25) is 11.9 Å². The van der Waals surface area contributed by atoms with Gasteiger partial charge in [-0.1, -0.05) is 0 Å². The molecule has 2 aromatic rings. The van der Waals surface area contributed by atoms with Gasteiger partial charge in [-0.25, -0.2) is 0 Å². The van der Waals surface area contributed by atoms with Crippen LogP contribution in [0, 0.1) is 6.92 Å². The van der Waals surface area contributed by atoms with E-state index in [1.54, 1.807) is 18.4 Å². The Balaban J connectivity index is 2.17. The maximum atomic E-state index is 5.09. The van der Waals surface area contributed by atoms with Crippen molar-refractivity contribution in [1.29, 1.82) is 0 Å². The molecule has 2 N–H and O–H groups in total. The Morgan fingerprint density at radius 3 is 2.60 bits per heavy atom. The van der Waals surface area contributed by atoms with Gasteiger partial charge in [-0.2, -0.15) is 15.0 Å². The molecular formula is C13H19N5OS. The Kier molecular flexibility index (Phi) is 4.73. The third-order valence-corrected chi connectivity index (χ3v) is 3.85. The van der Waals surface area contributed by atoms with E-state index in [0.717, 1.165) is 6.54 Å². The highest BCUT2D eigenvalue weighted by atomic mass is 32.1. The Labute approximate surface area is 122 Å². The van der Waals surface area contributed by atoms with Gasteiger partial charge in [0, 0.05) is 16.3 Å². The average Bonchev–Trinajstić information content (AvgIpc) is 2.85. The highest BCUT2D eigenvalue weighted by Gasteiger charge is 2.12. The predicted octanol–water partition coefficient (Wildman–Crippen LogP) is 2.86. The van der Waals surface area contributed by atoms with Crippen molar-refractivity contribution in [3.05, 3.63) is 21.9 Å². The Bertz CT molecular complexity index is 572. The summed E-state index contributed by atoms with van der Waals surface area (Å²) in [6.07, 6.45) is 0. The number of thiophene rings is 1. The zero-order valence-electron chi connectivity index (χ0n) is 12.1. The van der Waals surface area contributed by atoms with Crippen LogP contribution in [-0.2, 0) is 0 Å². The summed E-state index contributed by atoms with van der Waals surface area (Å²) in [6.45, 7) is 6.90. The molecule has 0 bridgehead atoms. The lowest BCUT2D eigenvalue weighted by Gasteiger charge is -2.13. The van der Waals surface area contributed by atoms with Crippen LogP contribution in [-0.4, -0.2) is 28.6 Å². The molecule has 0 saturated heterocycles. The molecule has 0 saturated carbocycles. The van der Waals surface area contributed by atoms with Crippen LogP contribution in [0.2, 0.25) is 0 Å². The first kappa shape index (κ1) is 14.5. The lowest BCUT2D eigenvalue weighted by Crippen LogP contribution is -2.12. The second-order valence-corrected chi connectivity index (χ2v) is 5.63. The van der Waals surface area contributed by atoms with Crippen LogP contribution in [0.25, 0.3) is 0 Å². The monoisotopic (exact) mass is 293 g/mol. The molecule has 0 aliphatic rings. The number of nitrogens with one attached hydrogen (secondary N) is 2. The number of anilines is 2. The molecule has 0 amide bonds. The molecule has 7 heteroatoms. The Morgan fingerprint density at radius 2 is 2.00 bits per heavy atom. The third kappa shape index (κ3) is 3.57. The van der Waals surface area contributed by atoms with Crippen molar-refractivity contribution in [2.75, 3.05) is 24.3 Å². The maximum absolute atomic E-state index is 5.09. The molecule has 2 rings (SSSR count). The van der Waals surface area contributed by atoms with E-state index in [0.29, 0.717) is 17.9 Å². The van der Waals surface area contributed by atoms with Crippen molar-refractivity contribution < 1.29 is 4.74 Å². The quantitative estimate of drug-likeness (QED) is 0.853. The van der Waals surface area contributed by atoms with Crippen molar-refractivity contribution in [1.82, 2.24) is 15.0 Å². The number of ether oxygens (including phenoxy) is 1. The number of rotatable bonds is 6. The first-order chi connectivity index (χ1) is 9.62. The fraction of sp³-hybridized carbons (Fsp3) is 0.462. The zero-order chi connectivity index (χ0) is 14.5.